The van der Waals surface area contributed by atoms with Crippen LogP contribution in [0.4, 0.5) is 5.69 Å². The highest BCUT2D eigenvalue weighted by Gasteiger charge is 2.10. The first kappa shape index (κ1) is 16.5. The average molecular weight is 320 g/mol. The molecule has 0 spiro atoms. The number of benzene rings is 1. The first-order chi connectivity index (χ1) is 10.6. The zero-order valence-corrected chi connectivity index (χ0v) is 13.8. The maximum absolute atomic E-state index is 12.1. The Kier molecular flexibility index (Phi) is 5.97. The average Bonchev–Trinajstić information content (AvgIpc) is 2.93. The SMILES string of the molecule is COCCn1cnnc1SCC(=O)Nc1ccc(C)cc1C. The van der Waals surface area contributed by atoms with Crippen LogP contribution in [0.25, 0.3) is 0 Å². The van der Waals surface area contributed by atoms with Crippen LogP contribution in [0.2, 0.25) is 0 Å². The fourth-order valence-corrected chi connectivity index (χ4v) is 2.71. The minimum Gasteiger partial charge on any atom is -0.383 e. The van der Waals surface area contributed by atoms with E-state index in [0.29, 0.717) is 24.1 Å². The summed E-state index contributed by atoms with van der Waals surface area (Å²) in [6.07, 6.45) is 1.64. The lowest BCUT2D eigenvalue weighted by molar-refractivity contribution is -0.113. The largest absolute Gasteiger partial charge is 0.383 e. The third-order valence-electron chi connectivity index (χ3n) is 3.10. The number of carbonyl (C=O) groups excluding carboxylic acids is 1. The maximum atomic E-state index is 12.1. The fourth-order valence-electron chi connectivity index (χ4n) is 1.97. The Morgan fingerprint density at radius 1 is 1.41 bits per heavy atom. The zero-order chi connectivity index (χ0) is 15.9. The molecule has 0 aliphatic heterocycles. The van der Waals surface area contributed by atoms with Crippen molar-refractivity contribution in [1.29, 1.82) is 0 Å². The second kappa shape index (κ2) is 7.95. The third-order valence-corrected chi connectivity index (χ3v) is 4.09. The summed E-state index contributed by atoms with van der Waals surface area (Å²) in [6, 6.07) is 5.95. The number of hydrogen-bond acceptors (Lipinski definition) is 5. The molecular weight excluding hydrogens is 300 g/mol. The molecule has 0 bridgehead atoms. The number of hydrogen-bond donors (Lipinski definition) is 1. The molecule has 1 aromatic heterocycles. The number of anilines is 1. The second-order valence-electron chi connectivity index (χ2n) is 4.95. The topological polar surface area (TPSA) is 69.0 Å². The Morgan fingerprint density at radius 3 is 2.95 bits per heavy atom. The van der Waals surface area contributed by atoms with Crippen LogP contribution in [-0.2, 0) is 16.1 Å². The first-order valence-corrected chi connectivity index (χ1v) is 7.95. The van der Waals surface area contributed by atoms with E-state index in [1.54, 1.807) is 13.4 Å². The number of nitrogens with one attached hydrogen (secondary N) is 1. The molecule has 0 aliphatic rings. The molecule has 0 unspecified atom stereocenters. The van der Waals surface area contributed by atoms with Crippen LogP contribution in [0.15, 0.2) is 29.7 Å². The van der Waals surface area contributed by atoms with Gasteiger partial charge in [0.25, 0.3) is 0 Å². The van der Waals surface area contributed by atoms with E-state index in [-0.39, 0.29) is 5.91 Å². The van der Waals surface area contributed by atoms with Crippen LogP contribution in [0, 0.1) is 13.8 Å². The van der Waals surface area contributed by atoms with Crippen molar-refractivity contribution in [3.63, 3.8) is 0 Å². The predicted octanol–water partition coefficient (Wildman–Crippen LogP) is 2.27. The van der Waals surface area contributed by atoms with Gasteiger partial charge in [0, 0.05) is 19.3 Å². The highest BCUT2D eigenvalue weighted by Crippen LogP contribution is 2.18. The van der Waals surface area contributed by atoms with Gasteiger partial charge in [-0.2, -0.15) is 0 Å². The molecule has 0 radical (unpaired) electrons. The molecule has 0 saturated heterocycles. The molecule has 2 rings (SSSR count). The first-order valence-electron chi connectivity index (χ1n) is 6.97. The Hall–Kier alpha value is -1.86. The van der Waals surface area contributed by atoms with Crippen molar-refractivity contribution in [3.05, 3.63) is 35.7 Å². The van der Waals surface area contributed by atoms with Gasteiger partial charge in [0.15, 0.2) is 5.16 Å². The molecule has 6 nitrogen and oxygen atoms in total. The van der Waals surface area contributed by atoms with Crippen molar-refractivity contribution in [2.75, 3.05) is 24.8 Å². The standard InChI is InChI=1S/C15H20N4O2S/c1-11-4-5-13(12(2)8-11)17-14(20)9-22-15-18-16-10-19(15)6-7-21-3/h4-5,8,10H,6-7,9H2,1-3H3,(H,17,20). The van der Waals surface area contributed by atoms with Gasteiger partial charge in [0.1, 0.15) is 6.33 Å². The molecule has 22 heavy (non-hydrogen) atoms. The van der Waals surface area contributed by atoms with Gasteiger partial charge < -0.3 is 14.6 Å². The summed E-state index contributed by atoms with van der Waals surface area (Å²) in [7, 11) is 1.65. The molecule has 0 fully saturated rings. The molecule has 1 amide bonds. The maximum Gasteiger partial charge on any atom is 0.234 e. The second-order valence-corrected chi connectivity index (χ2v) is 5.90. The Bertz CT molecular complexity index is 642. The summed E-state index contributed by atoms with van der Waals surface area (Å²) in [6.45, 7) is 5.27. The number of aryl methyl sites for hydroxylation is 2. The van der Waals surface area contributed by atoms with Gasteiger partial charge in [0.05, 0.1) is 12.4 Å². The van der Waals surface area contributed by atoms with E-state index in [0.717, 1.165) is 11.3 Å². The monoisotopic (exact) mass is 320 g/mol. The number of nitrogens with zero attached hydrogens (tertiary/aromatic N) is 3. The Labute approximate surface area is 134 Å². The van der Waals surface area contributed by atoms with Crippen LogP contribution < -0.4 is 5.32 Å². The summed E-state index contributed by atoms with van der Waals surface area (Å²) < 4.78 is 6.91. The number of methoxy groups -OCH3 is 1. The number of thioether (sulfide) groups is 1. The van der Waals surface area contributed by atoms with Gasteiger partial charge in [-0.15, -0.1) is 10.2 Å². The number of amides is 1. The summed E-state index contributed by atoms with van der Waals surface area (Å²) in [5, 5.41) is 11.5. The molecule has 1 heterocycles. The van der Waals surface area contributed by atoms with Gasteiger partial charge in [-0.25, -0.2) is 0 Å². The molecule has 0 atom stereocenters. The van der Waals surface area contributed by atoms with Gasteiger partial charge in [-0.05, 0) is 25.5 Å². The summed E-state index contributed by atoms with van der Waals surface area (Å²) in [4.78, 5) is 12.1. The van der Waals surface area contributed by atoms with Crippen LogP contribution in [0.5, 0.6) is 0 Å². The lowest BCUT2D eigenvalue weighted by atomic mass is 10.1. The van der Waals surface area contributed by atoms with E-state index < -0.39 is 0 Å². The van der Waals surface area contributed by atoms with Crippen molar-refractivity contribution in [1.82, 2.24) is 14.8 Å². The van der Waals surface area contributed by atoms with Gasteiger partial charge in [-0.1, -0.05) is 29.5 Å². The fraction of sp³-hybridized carbons (Fsp3) is 0.400. The molecular formula is C15H20N4O2S. The van der Waals surface area contributed by atoms with Crippen LogP contribution >= 0.6 is 11.8 Å². The van der Waals surface area contributed by atoms with E-state index in [1.807, 2.05) is 36.6 Å². The Morgan fingerprint density at radius 2 is 2.23 bits per heavy atom. The highest BCUT2D eigenvalue weighted by molar-refractivity contribution is 7.99. The van der Waals surface area contributed by atoms with Crippen molar-refractivity contribution >= 4 is 23.4 Å². The summed E-state index contributed by atoms with van der Waals surface area (Å²) in [5.74, 6) is 0.233. The molecule has 0 saturated carbocycles. The minimum absolute atomic E-state index is 0.0572. The minimum atomic E-state index is -0.0572. The Balaban J connectivity index is 1.89. The third kappa shape index (κ3) is 4.57. The lowest BCUT2D eigenvalue weighted by Gasteiger charge is -2.09. The number of aromatic nitrogens is 3. The molecule has 7 heteroatoms. The van der Waals surface area contributed by atoms with Crippen molar-refractivity contribution in [2.45, 2.75) is 25.5 Å². The quantitative estimate of drug-likeness (QED) is 0.793. The van der Waals surface area contributed by atoms with Crippen molar-refractivity contribution in [2.24, 2.45) is 0 Å². The van der Waals surface area contributed by atoms with Gasteiger partial charge in [0.2, 0.25) is 5.91 Å². The van der Waals surface area contributed by atoms with E-state index in [9.17, 15) is 4.79 Å². The van der Waals surface area contributed by atoms with E-state index in [4.69, 9.17) is 4.74 Å². The smallest absolute Gasteiger partial charge is 0.234 e. The molecule has 2 aromatic rings. The molecule has 1 aromatic carbocycles. The van der Waals surface area contributed by atoms with Crippen LogP contribution in [0.3, 0.4) is 0 Å². The molecule has 0 aliphatic carbocycles. The van der Waals surface area contributed by atoms with Crippen molar-refractivity contribution < 1.29 is 9.53 Å². The predicted molar refractivity (Wildman–Crippen MR) is 87.2 cm³/mol. The van der Waals surface area contributed by atoms with E-state index in [1.165, 1.54) is 17.3 Å². The number of rotatable bonds is 7. The highest BCUT2D eigenvalue weighted by atomic mass is 32.2. The molecule has 1 N–H and O–H groups in total. The van der Waals surface area contributed by atoms with E-state index in [2.05, 4.69) is 15.5 Å². The summed E-state index contributed by atoms with van der Waals surface area (Å²) >= 11 is 1.36. The number of carbonyl (C=O) groups is 1. The van der Waals surface area contributed by atoms with Gasteiger partial charge in [-0.3, -0.25) is 4.79 Å². The van der Waals surface area contributed by atoms with Gasteiger partial charge >= 0.3 is 0 Å². The number of ether oxygens (including phenoxy) is 1. The molecule has 118 valence electrons. The van der Waals surface area contributed by atoms with Crippen molar-refractivity contribution in [3.8, 4) is 0 Å². The lowest BCUT2D eigenvalue weighted by Crippen LogP contribution is -2.15. The normalized spacial score (nSPS) is 10.7. The van der Waals surface area contributed by atoms with E-state index >= 15 is 0 Å². The zero-order valence-electron chi connectivity index (χ0n) is 13.0. The van der Waals surface area contributed by atoms with Crippen LogP contribution in [0.1, 0.15) is 11.1 Å². The van der Waals surface area contributed by atoms with Crippen LogP contribution in [-0.4, -0.2) is 40.1 Å². The summed E-state index contributed by atoms with van der Waals surface area (Å²) in [5.41, 5.74) is 3.08.